The van der Waals surface area contributed by atoms with Gasteiger partial charge in [0.25, 0.3) is 0 Å². The second kappa shape index (κ2) is 21.0. The van der Waals surface area contributed by atoms with Gasteiger partial charge in [0.1, 0.15) is 11.3 Å². The molecule has 19 aromatic rings. The van der Waals surface area contributed by atoms with Gasteiger partial charge in [0, 0.05) is 81.6 Å². The molecule has 0 N–H and O–H groups in total. The lowest BCUT2D eigenvalue weighted by atomic mass is 9.92. The van der Waals surface area contributed by atoms with Gasteiger partial charge in [-0.1, -0.05) is 212 Å². The number of aromatic nitrogens is 7. The third-order valence-corrected chi connectivity index (χ3v) is 25.5. The van der Waals surface area contributed by atoms with Gasteiger partial charge < -0.3 is 9.13 Å². The minimum atomic E-state index is -3.28. The number of hydrogen-bond acceptors (Lipinski definition) is 7. The highest BCUT2D eigenvalue weighted by molar-refractivity contribution is 7.85. The van der Waals surface area contributed by atoms with Gasteiger partial charge in [-0.05, 0) is 119 Å². The molecule has 0 saturated carbocycles. The molecule has 0 aliphatic heterocycles. The summed E-state index contributed by atoms with van der Waals surface area (Å²) in [5, 5.41) is 14.6. The Balaban J connectivity index is 0.000000135. The van der Waals surface area contributed by atoms with Crippen LogP contribution in [-0.4, -0.2) is 33.7 Å². The van der Waals surface area contributed by atoms with Crippen molar-refractivity contribution in [1.82, 2.24) is 33.7 Å². The first-order valence-corrected chi connectivity index (χ1v) is 35.1. The normalized spacial score (nSPS) is 14.5. The Hall–Kier alpha value is -11.5. The molecule has 0 bridgehead atoms. The fourth-order valence-corrected chi connectivity index (χ4v) is 20.3. The van der Waals surface area contributed by atoms with Crippen molar-refractivity contribution in [2.24, 2.45) is 0 Å². The Morgan fingerprint density at radius 2 is 0.819 bits per heavy atom. The van der Waals surface area contributed by atoms with Crippen LogP contribution in [0.3, 0.4) is 0 Å². The maximum atomic E-state index is 15.9. The summed E-state index contributed by atoms with van der Waals surface area (Å²) in [5.41, 5.74) is 15.9. The summed E-state index contributed by atoms with van der Waals surface area (Å²) < 4.78 is 35.7. The summed E-state index contributed by atoms with van der Waals surface area (Å²) in [5.74, 6) is 0.278. The van der Waals surface area contributed by atoms with Crippen molar-refractivity contribution in [1.29, 1.82) is 0 Å². The molecule has 7 heterocycles. The number of para-hydroxylation sites is 4. The highest BCUT2D eigenvalue weighted by Gasteiger charge is 2.34. The predicted octanol–water partition coefficient (Wildman–Crippen LogP) is 17.4. The molecule has 94 heavy (non-hydrogen) atoms. The second-order valence-electron chi connectivity index (χ2n) is 24.6. The molecule has 0 radical (unpaired) electrons. The molecule has 0 fully saturated rings. The molecular formula is C83H53N7O2P2. The first-order valence-electron chi connectivity index (χ1n) is 31.7. The summed E-state index contributed by atoms with van der Waals surface area (Å²) in [6, 6.07) is 101. The molecule has 11 heteroatoms. The van der Waals surface area contributed by atoms with E-state index in [1.54, 1.807) is 6.20 Å². The Morgan fingerprint density at radius 1 is 0.319 bits per heavy atom. The van der Waals surface area contributed by atoms with Crippen molar-refractivity contribution < 1.29 is 9.13 Å². The molecule has 7 aromatic heterocycles. The van der Waals surface area contributed by atoms with Crippen LogP contribution in [0.5, 0.6) is 0 Å². The van der Waals surface area contributed by atoms with Crippen LogP contribution >= 0.6 is 14.3 Å². The van der Waals surface area contributed by atoms with E-state index in [9.17, 15) is 0 Å². The lowest BCUT2D eigenvalue weighted by Gasteiger charge is -2.21. The molecule has 12 aromatic carbocycles. The van der Waals surface area contributed by atoms with Crippen molar-refractivity contribution in [3.05, 3.63) is 320 Å². The number of imidazole rings is 2. The van der Waals surface area contributed by atoms with Crippen LogP contribution in [0.2, 0.25) is 0 Å². The third-order valence-electron chi connectivity index (χ3n) is 19.4. The summed E-state index contributed by atoms with van der Waals surface area (Å²) in [7, 11) is -6.54. The van der Waals surface area contributed by atoms with Crippen molar-refractivity contribution >= 4 is 167 Å². The Morgan fingerprint density at radius 3 is 1.49 bits per heavy atom. The van der Waals surface area contributed by atoms with Gasteiger partial charge >= 0.3 is 0 Å². The van der Waals surface area contributed by atoms with Gasteiger partial charge in [-0.3, -0.25) is 13.8 Å². The zero-order valence-corrected chi connectivity index (χ0v) is 52.3. The molecule has 442 valence electrons. The maximum Gasteiger partial charge on any atom is 0.171 e. The largest absolute Gasteiger partial charge is 0.309 e. The lowest BCUT2D eigenvalue weighted by Crippen LogP contribution is -2.25. The van der Waals surface area contributed by atoms with E-state index in [0.717, 1.165) is 148 Å². The molecule has 1 aliphatic rings. The number of pyridine rings is 5. The molecule has 3 atom stereocenters. The van der Waals surface area contributed by atoms with Crippen molar-refractivity contribution in [2.45, 2.75) is 12.3 Å². The number of fused-ring (bicyclic) bond motifs is 19. The summed E-state index contributed by atoms with van der Waals surface area (Å²) >= 11 is 0. The fraction of sp³-hybridized carbons (Fsp3) is 0.0241. The van der Waals surface area contributed by atoms with E-state index in [0.29, 0.717) is 0 Å². The lowest BCUT2D eigenvalue weighted by molar-refractivity contribution is 0.591. The van der Waals surface area contributed by atoms with E-state index in [-0.39, 0.29) is 5.92 Å². The van der Waals surface area contributed by atoms with Crippen molar-refractivity contribution in [2.75, 3.05) is 0 Å². The molecule has 1 aliphatic carbocycles. The number of rotatable bonds is 7. The van der Waals surface area contributed by atoms with Crippen LogP contribution in [0.1, 0.15) is 22.6 Å². The summed E-state index contributed by atoms with van der Waals surface area (Å²) in [6.45, 7) is 0. The van der Waals surface area contributed by atoms with Gasteiger partial charge in [0.05, 0.1) is 60.7 Å². The van der Waals surface area contributed by atoms with Crippen LogP contribution in [-0.2, 0) is 15.6 Å². The van der Waals surface area contributed by atoms with E-state index in [4.69, 9.17) is 19.9 Å². The molecule has 0 spiro atoms. The molecule has 0 saturated heterocycles. The summed E-state index contributed by atoms with van der Waals surface area (Å²) in [4.78, 5) is 25.2. The first-order chi connectivity index (χ1) is 46.3. The predicted molar refractivity (Wildman–Crippen MR) is 390 cm³/mol. The van der Waals surface area contributed by atoms with Crippen LogP contribution in [0, 0.1) is 0 Å². The minimum Gasteiger partial charge on any atom is -0.309 e. The van der Waals surface area contributed by atoms with Gasteiger partial charge in [-0.25, -0.2) is 19.9 Å². The Bertz CT molecular complexity index is 6480. The summed E-state index contributed by atoms with van der Waals surface area (Å²) in [6.07, 6.45) is 2.75. The maximum absolute atomic E-state index is 15.9. The SMILES string of the molecule is O=P(c1ccccc1)(c1ccc(C2Cc3cccc4cccc2c34)cc1)c1ccc2nc3c4cc5ccccc5nc4c4ccccc4n3c2c1.O=P(c1ccccc1)(c1ccc2cccnc2c1)c1ccc2c(c1)nc1c3cc4ccccc4nc3c3ccccc3n21. The third kappa shape index (κ3) is 8.25. The van der Waals surface area contributed by atoms with E-state index >= 15 is 9.13 Å². The molecule has 0 amide bonds. The second-order valence-corrected chi connectivity index (χ2v) is 30.1. The fourth-order valence-electron chi connectivity index (χ4n) is 15.0. The Kier molecular flexibility index (Phi) is 12.1. The van der Waals surface area contributed by atoms with Crippen LogP contribution in [0.15, 0.2) is 303 Å². The smallest absolute Gasteiger partial charge is 0.171 e. The topological polar surface area (TPSA) is 107 Å². The van der Waals surface area contributed by atoms with E-state index in [1.165, 1.54) is 27.5 Å². The average Bonchev–Trinajstić information content (AvgIpc) is 1.51. The molecule has 3 unspecified atom stereocenters. The number of hydrogen-bond donors (Lipinski definition) is 0. The highest BCUT2D eigenvalue weighted by atomic mass is 31.2. The molecular weight excluding hydrogens is 1190 g/mol. The van der Waals surface area contributed by atoms with Crippen LogP contribution < -0.4 is 31.8 Å². The monoisotopic (exact) mass is 1240 g/mol. The van der Waals surface area contributed by atoms with Gasteiger partial charge in [0.15, 0.2) is 14.3 Å². The number of benzene rings is 12. The van der Waals surface area contributed by atoms with Crippen molar-refractivity contribution in [3.8, 4) is 0 Å². The zero-order valence-electron chi connectivity index (χ0n) is 50.5. The molecule has 20 rings (SSSR count). The van der Waals surface area contributed by atoms with Crippen LogP contribution in [0.25, 0.3) is 120 Å². The van der Waals surface area contributed by atoms with Crippen molar-refractivity contribution in [3.63, 3.8) is 0 Å². The van der Waals surface area contributed by atoms with Gasteiger partial charge in [0.2, 0.25) is 0 Å². The average molecular weight is 1240 g/mol. The number of nitrogens with zero attached hydrogens (tertiary/aromatic N) is 7. The highest BCUT2D eigenvalue weighted by Crippen LogP contribution is 2.47. The quantitative estimate of drug-likeness (QED) is 0.0888. The molecule has 9 nitrogen and oxygen atoms in total. The van der Waals surface area contributed by atoms with Gasteiger partial charge in [-0.2, -0.15) is 0 Å². The first kappa shape index (κ1) is 54.3. The van der Waals surface area contributed by atoms with E-state index < -0.39 is 14.3 Å². The van der Waals surface area contributed by atoms with E-state index in [2.05, 4.69) is 159 Å². The van der Waals surface area contributed by atoms with Gasteiger partial charge in [-0.15, -0.1) is 0 Å². The van der Waals surface area contributed by atoms with E-state index in [1.807, 2.05) is 152 Å². The minimum absolute atomic E-state index is 0.278. The Labute approximate surface area is 538 Å². The standard InChI is InChI=1S/C46H30N3OP.C37H23N4OP/c50-51(33-14-2-1-3-15-33,34-22-20-29(21-23-34)38-27-32-13-8-11-30-12-9-17-36(38)44(30)32)35-24-25-41-43(28-35)49-42-19-7-5-16-37(42)45-39(46(49)48-41)26-31-10-4-6-18-40(31)47-45;42-43(26-11-2-1-3-12-26,27-17-16-24-10-8-20-38-32(24)22-27)28-18-19-35-33(23-28)40-37-30-21-25-9-4-6-14-31(25)39-36(30)29-13-5-7-15-34(29)41(35)37/h1-26,28,38H,27H2;1-23H. The van der Waals surface area contributed by atoms with Crippen LogP contribution in [0.4, 0.5) is 0 Å². The zero-order chi connectivity index (χ0) is 62.2.